The fourth-order valence-corrected chi connectivity index (χ4v) is 1.19. The lowest BCUT2D eigenvalue weighted by Gasteiger charge is -1.93. The van der Waals surface area contributed by atoms with E-state index < -0.39 is 6.09 Å². The molecule has 1 aromatic heterocycles. The average Bonchev–Trinajstić information content (AvgIpc) is 2.31. The first-order valence-corrected chi connectivity index (χ1v) is 3.67. The molecular formula is C5H7N3O2S. The molecule has 0 saturated carbocycles. The van der Waals surface area contributed by atoms with E-state index in [4.69, 9.17) is 10.8 Å². The molecule has 0 fully saturated rings. The molecule has 0 saturated heterocycles. The number of nitrogens with one attached hydrogen (secondary N) is 1. The van der Waals surface area contributed by atoms with Crippen molar-refractivity contribution >= 4 is 22.6 Å². The normalized spacial score (nSPS) is 9.45. The van der Waals surface area contributed by atoms with Gasteiger partial charge in [-0.1, -0.05) is 0 Å². The van der Waals surface area contributed by atoms with Crippen LogP contribution in [0.2, 0.25) is 0 Å². The zero-order valence-corrected chi connectivity index (χ0v) is 6.39. The van der Waals surface area contributed by atoms with E-state index >= 15 is 0 Å². The maximum absolute atomic E-state index is 10.0. The third kappa shape index (κ3) is 2.42. The Labute approximate surface area is 66.9 Å². The van der Waals surface area contributed by atoms with Crippen molar-refractivity contribution in [2.45, 2.75) is 6.54 Å². The molecule has 5 nitrogen and oxygen atoms in total. The maximum Gasteiger partial charge on any atom is 0.404 e. The predicted molar refractivity (Wildman–Crippen MR) is 41.4 cm³/mol. The SMILES string of the molecule is Nc1ncc(CNC(=O)O)s1. The number of amides is 1. The number of hydrogen-bond acceptors (Lipinski definition) is 4. The second-order valence-electron chi connectivity index (χ2n) is 1.82. The number of aromatic nitrogens is 1. The van der Waals surface area contributed by atoms with Gasteiger partial charge in [-0.3, -0.25) is 0 Å². The van der Waals surface area contributed by atoms with E-state index in [1.54, 1.807) is 6.20 Å². The van der Waals surface area contributed by atoms with Gasteiger partial charge in [0.25, 0.3) is 0 Å². The number of anilines is 1. The summed E-state index contributed by atoms with van der Waals surface area (Å²) in [5.41, 5.74) is 5.32. The second-order valence-corrected chi connectivity index (χ2v) is 2.97. The summed E-state index contributed by atoms with van der Waals surface area (Å²) < 4.78 is 0. The third-order valence-corrected chi connectivity index (χ3v) is 1.81. The Hall–Kier alpha value is -1.30. The topological polar surface area (TPSA) is 88.2 Å². The van der Waals surface area contributed by atoms with Crippen molar-refractivity contribution in [3.05, 3.63) is 11.1 Å². The Morgan fingerprint density at radius 1 is 1.91 bits per heavy atom. The molecule has 0 aliphatic rings. The van der Waals surface area contributed by atoms with Crippen molar-refractivity contribution < 1.29 is 9.90 Å². The number of rotatable bonds is 2. The molecule has 0 unspecified atom stereocenters. The van der Waals surface area contributed by atoms with Crippen LogP contribution in [0.15, 0.2) is 6.20 Å². The number of carbonyl (C=O) groups is 1. The summed E-state index contributed by atoms with van der Waals surface area (Å²) in [6.45, 7) is 0.268. The smallest absolute Gasteiger partial charge is 0.404 e. The Balaban J connectivity index is 2.45. The third-order valence-electron chi connectivity index (χ3n) is 0.985. The molecule has 0 atom stereocenters. The van der Waals surface area contributed by atoms with Gasteiger partial charge < -0.3 is 16.2 Å². The van der Waals surface area contributed by atoms with Crippen LogP contribution in [0.1, 0.15) is 4.88 Å². The van der Waals surface area contributed by atoms with Gasteiger partial charge in [-0.25, -0.2) is 9.78 Å². The number of hydrogen-bond donors (Lipinski definition) is 3. The fourth-order valence-electron chi connectivity index (χ4n) is 0.567. The van der Waals surface area contributed by atoms with Crippen LogP contribution in [0.3, 0.4) is 0 Å². The molecule has 6 heteroatoms. The second kappa shape index (κ2) is 3.20. The minimum Gasteiger partial charge on any atom is -0.465 e. The summed E-state index contributed by atoms with van der Waals surface area (Å²) in [5.74, 6) is 0. The van der Waals surface area contributed by atoms with Crippen molar-refractivity contribution in [2.75, 3.05) is 5.73 Å². The first-order valence-electron chi connectivity index (χ1n) is 2.85. The number of nitrogen functional groups attached to an aromatic ring is 1. The molecule has 0 spiro atoms. The van der Waals surface area contributed by atoms with Crippen LogP contribution in [0.25, 0.3) is 0 Å². The highest BCUT2D eigenvalue weighted by molar-refractivity contribution is 7.15. The monoisotopic (exact) mass is 173 g/mol. The largest absolute Gasteiger partial charge is 0.465 e. The summed E-state index contributed by atoms with van der Waals surface area (Å²) in [6, 6.07) is 0. The molecule has 0 aromatic carbocycles. The standard InChI is InChI=1S/C5H7N3O2S/c6-4-7-1-3(11-4)2-8-5(9)10/h1,8H,2H2,(H2,6,7)(H,9,10). The molecule has 1 aromatic rings. The number of carboxylic acid groups (broad SMARTS) is 1. The molecule has 4 N–H and O–H groups in total. The molecule has 1 heterocycles. The zero-order chi connectivity index (χ0) is 8.27. The van der Waals surface area contributed by atoms with Gasteiger partial charge >= 0.3 is 6.09 Å². The van der Waals surface area contributed by atoms with Gasteiger partial charge in [-0.15, -0.1) is 11.3 Å². The molecule has 60 valence electrons. The maximum atomic E-state index is 10.0. The molecule has 11 heavy (non-hydrogen) atoms. The van der Waals surface area contributed by atoms with Crippen molar-refractivity contribution in [3.63, 3.8) is 0 Å². The molecule has 1 amide bonds. The highest BCUT2D eigenvalue weighted by atomic mass is 32.1. The lowest BCUT2D eigenvalue weighted by atomic mass is 10.5. The van der Waals surface area contributed by atoms with E-state index in [1.165, 1.54) is 11.3 Å². The first kappa shape index (κ1) is 7.80. The Kier molecular flexibility index (Phi) is 2.27. The summed E-state index contributed by atoms with van der Waals surface area (Å²) in [4.78, 5) is 14.6. The number of nitrogens with zero attached hydrogens (tertiary/aromatic N) is 1. The Bertz CT molecular complexity index is 260. The Morgan fingerprint density at radius 2 is 2.64 bits per heavy atom. The zero-order valence-electron chi connectivity index (χ0n) is 5.57. The molecule has 0 radical (unpaired) electrons. The van der Waals surface area contributed by atoms with Crippen LogP contribution in [-0.2, 0) is 6.54 Å². The molecule has 0 aliphatic carbocycles. The number of thiazole rings is 1. The molecular weight excluding hydrogens is 166 g/mol. The average molecular weight is 173 g/mol. The van der Waals surface area contributed by atoms with Crippen LogP contribution < -0.4 is 11.1 Å². The summed E-state index contributed by atoms with van der Waals surface area (Å²) in [5, 5.41) is 10.9. The van der Waals surface area contributed by atoms with Gasteiger partial charge in [-0.05, 0) is 0 Å². The van der Waals surface area contributed by atoms with Gasteiger partial charge in [0.2, 0.25) is 0 Å². The highest BCUT2D eigenvalue weighted by Crippen LogP contribution is 2.13. The summed E-state index contributed by atoms with van der Waals surface area (Å²) in [6.07, 6.45) is 0.507. The van der Waals surface area contributed by atoms with Crippen molar-refractivity contribution in [2.24, 2.45) is 0 Å². The van der Waals surface area contributed by atoms with Crippen LogP contribution in [0, 0.1) is 0 Å². The van der Waals surface area contributed by atoms with Crippen molar-refractivity contribution in [3.8, 4) is 0 Å². The van der Waals surface area contributed by atoms with Crippen LogP contribution >= 0.6 is 11.3 Å². The van der Waals surface area contributed by atoms with Crippen LogP contribution in [-0.4, -0.2) is 16.2 Å². The van der Waals surface area contributed by atoms with Gasteiger partial charge in [0.1, 0.15) is 0 Å². The van der Waals surface area contributed by atoms with Crippen LogP contribution in [0.4, 0.5) is 9.93 Å². The van der Waals surface area contributed by atoms with E-state index in [9.17, 15) is 4.79 Å². The first-order chi connectivity index (χ1) is 5.18. The minimum absolute atomic E-state index is 0.268. The van der Waals surface area contributed by atoms with Gasteiger partial charge in [0.15, 0.2) is 5.13 Å². The Morgan fingerprint density at radius 3 is 3.09 bits per heavy atom. The van der Waals surface area contributed by atoms with E-state index in [0.29, 0.717) is 5.13 Å². The lowest BCUT2D eigenvalue weighted by molar-refractivity contribution is 0.194. The van der Waals surface area contributed by atoms with E-state index in [1.807, 2.05) is 0 Å². The van der Waals surface area contributed by atoms with E-state index in [2.05, 4.69) is 10.3 Å². The van der Waals surface area contributed by atoms with E-state index in [0.717, 1.165) is 4.88 Å². The van der Waals surface area contributed by atoms with Gasteiger partial charge in [0, 0.05) is 11.1 Å². The van der Waals surface area contributed by atoms with Crippen LogP contribution in [0.5, 0.6) is 0 Å². The number of nitrogens with two attached hydrogens (primary N) is 1. The van der Waals surface area contributed by atoms with Gasteiger partial charge in [-0.2, -0.15) is 0 Å². The molecule has 0 aliphatic heterocycles. The predicted octanol–water partition coefficient (Wildman–Crippen LogP) is 0.493. The quantitative estimate of drug-likeness (QED) is 0.607. The summed E-state index contributed by atoms with van der Waals surface area (Å²) in [7, 11) is 0. The highest BCUT2D eigenvalue weighted by Gasteiger charge is 1.99. The molecule has 0 bridgehead atoms. The fraction of sp³-hybridized carbons (Fsp3) is 0.200. The van der Waals surface area contributed by atoms with E-state index in [-0.39, 0.29) is 6.54 Å². The summed E-state index contributed by atoms with van der Waals surface area (Å²) >= 11 is 1.27. The molecule has 1 rings (SSSR count). The van der Waals surface area contributed by atoms with Gasteiger partial charge in [0.05, 0.1) is 6.54 Å². The lowest BCUT2D eigenvalue weighted by Crippen LogP contribution is -2.19. The van der Waals surface area contributed by atoms with Crippen molar-refractivity contribution in [1.29, 1.82) is 0 Å². The van der Waals surface area contributed by atoms with Crippen molar-refractivity contribution in [1.82, 2.24) is 10.3 Å². The minimum atomic E-state index is -1.04.